The predicted octanol–water partition coefficient (Wildman–Crippen LogP) is 4.74. The van der Waals surface area contributed by atoms with Crippen molar-refractivity contribution in [3.8, 4) is 16.9 Å². The minimum Gasteiger partial charge on any atom is -0.496 e. The summed E-state index contributed by atoms with van der Waals surface area (Å²) >= 11 is 0. The molecule has 0 fully saturated rings. The number of carbonyl (C=O) groups is 1. The lowest BCUT2D eigenvalue weighted by atomic mass is 9.98. The molecular weight excluding hydrogens is 422 g/mol. The van der Waals surface area contributed by atoms with E-state index in [0.717, 1.165) is 22.3 Å². The minimum absolute atomic E-state index is 0.0178. The van der Waals surface area contributed by atoms with Crippen LogP contribution >= 0.6 is 0 Å². The molecule has 0 atom stereocenters. The molecule has 0 unspecified atom stereocenters. The second-order valence-corrected chi connectivity index (χ2v) is 7.52. The third kappa shape index (κ3) is 4.50. The lowest BCUT2D eigenvalue weighted by Gasteiger charge is -2.14. The zero-order valence-electron chi connectivity index (χ0n) is 18.0. The summed E-state index contributed by atoms with van der Waals surface area (Å²) in [6, 6.07) is 19.1. The fraction of sp³-hybridized carbons (Fsp3) is 0.160. The molecule has 4 rings (SSSR count). The number of nitro benzene ring substituents is 1. The van der Waals surface area contributed by atoms with E-state index in [-0.39, 0.29) is 30.4 Å². The fourth-order valence-electron chi connectivity index (χ4n) is 4.02. The van der Waals surface area contributed by atoms with Crippen LogP contribution in [0.2, 0.25) is 0 Å². The highest BCUT2D eigenvalue weighted by atomic mass is 16.6. The summed E-state index contributed by atoms with van der Waals surface area (Å²) in [6.07, 6.45) is 2.68. The van der Waals surface area contributed by atoms with Crippen LogP contribution in [-0.4, -0.2) is 31.3 Å². The van der Waals surface area contributed by atoms with E-state index in [1.165, 1.54) is 13.2 Å². The van der Waals surface area contributed by atoms with E-state index < -0.39 is 11.0 Å². The topological polar surface area (TPSA) is 117 Å². The van der Waals surface area contributed by atoms with Crippen molar-refractivity contribution in [1.82, 2.24) is 5.32 Å². The molecule has 33 heavy (non-hydrogen) atoms. The Hall–Kier alpha value is -4.33. The number of nitrogen functional groups attached to an aromatic ring is 1. The normalized spacial score (nSPS) is 12.3. The van der Waals surface area contributed by atoms with Crippen molar-refractivity contribution in [2.75, 3.05) is 26.0 Å². The Morgan fingerprint density at radius 2 is 1.76 bits per heavy atom. The molecule has 1 aliphatic rings. The molecule has 0 aliphatic heterocycles. The van der Waals surface area contributed by atoms with Crippen LogP contribution in [0.15, 0.2) is 66.7 Å². The smallest absolute Gasteiger partial charge is 0.407 e. The number of nitro groups is 1. The summed E-state index contributed by atoms with van der Waals surface area (Å²) in [5.74, 6) is 0.302. The molecule has 3 aromatic carbocycles. The van der Waals surface area contributed by atoms with Gasteiger partial charge in [-0.05, 0) is 28.3 Å². The molecule has 3 N–H and O–H groups in total. The Morgan fingerprint density at radius 1 is 1.12 bits per heavy atom. The van der Waals surface area contributed by atoms with Gasteiger partial charge < -0.3 is 20.5 Å². The number of benzene rings is 3. The number of nitrogens with two attached hydrogens (primary N) is 1. The van der Waals surface area contributed by atoms with Gasteiger partial charge in [-0.25, -0.2) is 4.79 Å². The molecule has 0 bridgehead atoms. The fourth-order valence-corrected chi connectivity index (χ4v) is 4.02. The first-order chi connectivity index (χ1) is 16.0. The summed E-state index contributed by atoms with van der Waals surface area (Å²) in [5.41, 5.74) is 10.7. The average molecular weight is 445 g/mol. The molecular formula is C25H23N3O5. The maximum atomic E-state index is 12.2. The van der Waals surface area contributed by atoms with Gasteiger partial charge in [-0.3, -0.25) is 10.1 Å². The number of fused-ring (bicyclic) bond motifs is 3. The predicted molar refractivity (Wildman–Crippen MR) is 126 cm³/mol. The van der Waals surface area contributed by atoms with E-state index in [2.05, 4.69) is 29.6 Å². The minimum atomic E-state index is -0.565. The van der Waals surface area contributed by atoms with Crippen molar-refractivity contribution < 1.29 is 19.2 Å². The van der Waals surface area contributed by atoms with Gasteiger partial charge in [-0.1, -0.05) is 60.7 Å². The van der Waals surface area contributed by atoms with Gasteiger partial charge in [0.05, 0.1) is 18.1 Å². The number of methoxy groups -OCH3 is 1. The average Bonchev–Trinajstić information content (AvgIpc) is 3.15. The third-order valence-corrected chi connectivity index (χ3v) is 5.60. The van der Waals surface area contributed by atoms with Gasteiger partial charge in [0.1, 0.15) is 18.0 Å². The van der Waals surface area contributed by atoms with Gasteiger partial charge in [0.15, 0.2) is 0 Å². The zero-order chi connectivity index (χ0) is 23.4. The molecule has 0 saturated heterocycles. The van der Waals surface area contributed by atoms with E-state index in [1.807, 2.05) is 24.3 Å². The quantitative estimate of drug-likeness (QED) is 0.308. The number of hydrogen-bond donors (Lipinski definition) is 2. The van der Waals surface area contributed by atoms with Crippen LogP contribution < -0.4 is 15.8 Å². The number of hydrogen-bond acceptors (Lipinski definition) is 6. The number of nitrogens with one attached hydrogen (secondary N) is 1. The van der Waals surface area contributed by atoms with E-state index in [1.54, 1.807) is 18.2 Å². The van der Waals surface area contributed by atoms with Crippen LogP contribution in [0.4, 0.5) is 16.2 Å². The van der Waals surface area contributed by atoms with Gasteiger partial charge in [0.2, 0.25) is 0 Å². The Labute approximate surface area is 190 Å². The SMILES string of the molecule is COc1cc(C=CCNC(=O)OCC2c3ccccc3-c3ccccc32)c(N)c([N+](=O)[O-])c1. The van der Waals surface area contributed by atoms with Gasteiger partial charge in [-0.2, -0.15) is 0 Å². The standard InChI is InChI=1S/C25H23N3O5/c1-32-17-13-16(24(26)23(14-17)28(30)31)7-6-12-27-25(29)33-15-22-20-10-4-2-8-18(20)19-9-3-5-11-21(19)22/h2-11,13-14,22H,12,15,26H2,1H3,(H,27,29). The largest absolute Gasteiger partial charge is 0.496 e. The van der Waals surface area contributed by atoms with E-state index in [0.29, 0.717) is 11.3 Å². The molecule has 1 aliphatic carbocycles. The molecule has 0 spiro atoms. The second kappa shape index (κ2) is 9.44. The molecule has 8 heteroatoms. The lowest BCUT2D eigenvalue weighted by Crippen LogP contribution is -2.26. The molecule has 3 aromatic rings. The summed E-state index contributed by atoms with van der Waals surface area (Å²) in [6.45, 7) is 0.389. The monoisotopic (exact) mass is 445 g/mol. The van der Waals surface area contributed by atoms with Crippen molar-refractivity contribution in [3.05, 3.63) is 93.5 Å². The maximum Gasteiger partial charge on any atom is 0.407 e. The van der Waals surface area contributed by atoms with E-state index >= 15 is 0 Å². The van der Waals surface area contributed by atoms with Gasteiger partial charge >= 0.3 is 6.09 Å². The van der Waals surface area contributed by atoms with Crippen LogP contribution in [0.1, 0.15) is 22.6 Å². The van der Waals surface area contributed by atoms with Crippen LogP contribution in [0, 0.1) is 10.1 Å². The molecule has 0 aromatic heterocycles. The summed E-state index contributed by atoms with van der Waals surface area (Å²) in [4.78, 5) is 22.8. The molecule has 168 valence electrons. The van der Waals surface area contributed by atoms with Gasteiger partial charge in [0, 0.05) is 18.0 Å². The Kier molecular flexibility index (Phi) is 6.26. The second-order valence-electron chi connectivity index (χ2n) is 7.52. The molecule has 0 saturated carbocycles. The van der Waals surface area contributed by atoms with Crippen molar-refractivity contribution in [1.29, 1.82) is 0 Å². The lowest BCUT2D eigenvalue weighted by molar-refractivity contribution is -0.384. The van der Waals surface area contributed by atoms with E-state index in [9.17, 15) is 14.9 Å². The molecule has 0 radical (unpaired) electrons. The van der Waals surface area contributed by atoms with Gasteiger partial charge in [-0.15, -0.1) is 0 Å². The first-order valence-electron chi connectivity index (χ1n) is 10.4. The highest BCUT2D eigenvalue weighted by Gasteiger charge is 2.28. The van der Waals surface area contributed by atoms with Crippen molar-refractivity contribution in [3.63, 3.8) is 0 Å². The first-order valence-corrected chi connectivity index (χ1v) is 10.4. The Balaban J connectivity index is 1.36. The number of anilines is 1. The Bertz CT molecular complexity index is 1190. The summed E-state index contributed by atoms with van der Waals surface area (Å²) in [5, 5.41) is 13.8. The number of rotatable bonds is 7. The zero-order valence-corrected chi connectivity index (χ0v) is 18.0. The summed E-state index contributed by atoms with van der Waals surface area (Å²) < 4.78 is 10.6. The first kappa shape index (κ1) is 21.9. The highest BCUT2D eigenvalue weighted by Crippen LogP contribution is 2.44. The molecule has 0 heterocycles. The number of nitrogens with zero attached hydrogens (tertiary/aromatic N) is 1. The van der Waals surface area contributed by atoms with Crippen LogP contribution in [0.5, 0.6) is 5.75 Å². The van der Waals surface area contributed by atoms with Crippen molar-refractivity contribution in [2.24, 2.45) is 0 Å². The number of carbonyl (C=O) groups excluding carboxylic acids is 1. The van der Waals surface area contributed by atoms with Crippen molar-refractivity contribution >= 4 is 23.5 Å². The van der Waals surface area contributed by atoms with Crippen molar-refractivity contribution in [2.45, 2.75) is 5.92 Å². The molecule has 8 nitrogen and oxygen atoms in total. The van der Waals surface area contributed by atoms with E-state index in [4.69, 9.17) is 15.2 Å². The Morgan fingerprint density at radius 3 is 2.36 bits per heavy atom. The van der Waals surface area contributed by atoms with Crippen LogP contribution in [-0.2, 0) is 4.74 Å². The number of amides is 1. The third-order valence-electron chi connectivity index (χ3n) is 5.60. The van der Waals surface area contributed by atoms with Gasteiger partial charge in [0.25, 0.3) is 5.69 Å². The number of alkyl carbamates (subject to hydrolysis) is 1. The highest BCUT2D eigenvalue weighted by molar-refractivity contribution is 5.79. The van der Waals surface area contributed by atoms with Crippen LogP contribution in [0.3, 0.4) is 0 Å². The van der Waals surface area contributed by atoms with Crippen LogP contribution in [0.25, 0.3) is 17.2 Å². The molecule has 1 amide bonds. The maximum absolute atomic E-state index is 12.2. The summed E-state index contributed by atoms with van der Waals surface area (Å²) in [7, 11) is 1.42. The number of ether oxygens (including phenoxy) is 2.